The topological polar surface area (TPSA) is 98.7 Å². The molecule has 98 valence electrons. The maximum absolute atomic E-state index is 11.5. The van der Waals surface area contributed by atoms with Gasteiger partial charge in [0.05, 0.1) is 0 Å². The highest BCUT2D eigenvalue weighted by molar-refractivity contribution is 5.85. The summed E-state index contributed by atoms with van der Waals surface area (Å²) >= 11 is 0. The Morgan fingerprint density at radius 2 is 2.00 bits per heavy atom. The van der Waals surface area contributed by atoms with Gasteiger partial charge >= 0.3 is 12.0 Å². The highest BCUT2D eigenvalue weighted by Gasteiger charge is 2.28. The molecule has 0 bridgehead atoms. The van der Waals surface area contributed by atoms with Crippen LogP contribution in [0.4, 0.5) is 4.79 Å². The Morgan fingerprint density at radius 1 is 1.33 bits per heavy atom. The molecule has 0 radical (unpaired) electrons. The van der Waals surface area contributed by atoms with Crippen molar-refractivity contribution in [2.45, 2.75) is 25.9 Å². The van der Waals surface area contributed by atoms with E-state index in [1.807, 2.05) is 0 Å². The average Bonchev–Trinajstić information content (AvgIpc) is 2.25. The molecule has 0 unspecified atom stereocenters. The number of carboxylic acid groups (broad SMARTS) is 1. The molecule has 6 nitrogen and oxygen atoms in total. The minimum absolute atomic E-state index is 0.112. The lowest BCUT2D eigenvalue weighted by Crippen LogP contribution is -2.52. The third kappa shape index (κ3) is 3.97. The van der Waals surface area contributed by atoms with Gasteiger partial charge in [0, 0.05) is 6.54 Å². The van der Waals surface area contributed by atoms with Crippen molar-refractivity contribution < 1.29 is 19.8 Å². The largest absolute Gasteiger partial charge is 0.508 e. The zero-order chi connectivity index (χ0) is 13.8. The summed E-state index contributed by atoms with van der Waals surface area (Å²) in [5.74, 6) is -1.00. The number of carboxylic acids is 1. The van der Waals surface area contributed by atoms with Gasteiger partial charge in [-0.15, -0.1) is 0 Å². The third-order valence-corrected chi connectivity index (χ3v) is 2.32. The summed E-state index contributed by atoms with van der Waals surface area (Å²) < 4.78 is 0. The quantitative estimate of drug-likeness (QED) is 0.643. The maximum atomic E-state index is 11.5. The third-order valence-electron chi connectivity index (χ3n) is 2.32. The number of urea groups is 1. The SMILES string of the molecule is CC(C)(NC(=O)NCc1cccc(O)c1)C(=O)O. The molecular weight excluding hydrogens is 236 g/mol. The van der Waals surface area contributed by atoms with Crippen molar-refractivity contribution in [2.24, 2.45) is 0 Å². The Hall–Kier alpha value is -2.24. The lowest BCUT2D eigenvalue weighted by atomic mass is 10.1. The second-order valence-electron chi connectivity index (χ2n) is 4.41. The first-order chi connectivity index (χ1) is 8.31. The summed E-state index contributed by atoms with van der Waals surface area (Å²) in [5.41, 5.74) is -0.610. The van der Waals surface area contributed by atoms with Crippen LogP contribution >= 0.6 is 0 Å². The number of rotatable bonds is 4. The molecule has 1 aromatic carbocycles. The van der Waals surface area contributed by atoms with E-state index in [0.29, 0.717) is 0 Å². The zero-order valence-corrected chi connectivity index (χ0v) is 10.2. The number of carbonyl (C=O) groups excluding carboxylic acids is 1. The minimum atomic E-state index is -1.33. The van der Waals surface area contributed by atoms with Crippen LogP contribution in [0.3, 0.4) is 0 Å². The van der Waals surface area contributed by atoms with Crippen LogP contribution in [-0.2, 0) is 11.3 Å². The molecule has 0 aliphatic rings. The van der Waals surface area contributed by atoms with Gasteiger partial charge in [-0.05, 0) is 31.5 Å². The van der Waals surface area contributed by atoms with Gasteiger partial charge in [-0.2, -0.15) is 0 Å². The molecule has 1 rings (SSSR count). The molecule has 0 saturated heterocycles. The average molecular weight is 252 g/mol. The molecule has 0 spiro atoms. The second-order valence-corrected chi connectivity index (χ2v) is 4.41. The normalized spacial score (nSPS) is 10.8. The number of aromatic hydroxyl groups is 1. The standard InChI is InChI=1S/C12H16N2O4/c1-12(2,10(16)17)14-11(18)13-7-8-4-3-5-9(15)6-8/h3-6,15H,7H2,1-2H3,(H,16,17)(H2,13,14,18). The number of hydrogen-bond donors (Lipinski definition) is 4. The number of aliphatic carboxylic acids is 1. The van der Waals surface area contributed by atoms with E-state index in [2.05, 4.69) is 10.6 Å². The molecule has 0 aromatic heterocycles. The van der Waals surface area contributed by atoms with Crippen LogP contribution < -0.4 is 10.6 Å². The first-order valence-electron chi connectivity index (χ1n) is 5.38. The van der Waals surface area contributed by atoms with Crippen molar-refractivity contribution in [1.82, 2.24) is 10.6 Å². The molecule has 6 heteroatoms. The van der Waals surface area contributed by atoms with Gasteiger partial charge in [0.25, 0.3) is 0 Å². The van der Waals surface area contributed by atoms with Crippen LogP contribution in [-0.4, -0.2) is 27.8 Å². The molecule has 0 fully saturated rings. The Kier molecular flexibility index (Phi) is 4.14. The fourth-order valence-electron chi connectivity index (χ4n) is 1.23. The van der Waals surface area contributed by atoms with Gasteiger partial charge in [0.15, 0.2) is 0 Å². The minimum Gasteiger partial charge on any atom is -0.508 e. The predicted octanol–water partition coefficient (Wildman–Crippen LogP) is 1.05. The van der Waals surface area contributed by atoms with E-state index in [0.717, 1.165) is 5.56 Å². The van der Waals surface area contributed by atoms with Gasteiger partial charge in [-0.25, -0.2) is 9.59 Å². The van der Waals surface area contributed by atoms with Gasteiger partial charge in [-0.1, -0.05) is 12.1 Å². The summed E-state index contributed by atoms with van der Waals surface area (Å²) in [7, 11) is 0. The highest BCUT2D eigenvalue weighted by atomic mass is 16.4. The van der Waals surface area contributed by atoms with Crippen molar-refractivity contribution in [3.8, 4) is 5.75 Å². The molecule has 0 heterocycles. The maximum Gasteiger partial charge on any atom is 0.328 e. The number of hydrogen-bond acceptors (Lipinski definition) is 3. The van der Waals surface area contributed by atoms with Crippen LogP contribution in [0.15, 0.2) is 24.3 Å². The summed E-state index contributed by atoms with van der Waals surface area (Å²) in [6.07, 6.45) is 0. The first kappa shape index (κ1) is 13.8. The van der Waals surface area contributed by atoms with Crippen molar-refractivity contribution in [2.75, 3.05) is 0 Å². The van der Waals surface area contributed by atoms with Crippen LogP contribution in [0, 0.1) is 0 Å². The molecule has 0 aliphatic heterocycles. The Bertz CT molecular complexity index is 457. The van der Waals surface area contributed by atoms with Crippen molar-refractivity contribution in [3.63, 3.8) is 0 Å². The molecule has 18 heavy (non-hydrogen) atoms. The monoisotopic (exact) mass is 252 g/mol. The molecule has 4 N–H and O–H groups in total. The summed E-state index contributed by atoms with van der Waals surface area (Å²) in [6.45, 7) is 2.99. The number of phenolic OH excluding ortho intramolecular Hbond substituents is 1. The first-order valence-corrected chi connectivity index (χ1v) is 5.38. The lowest BCUT2D eigenvalue weighted by Gasteiger charge is -2.21. The number of amides is 2. The highest BCUT2D eigenvalue weighted by Crippen LogP contribution is 2.10. The van der Waals surface area contributed by atoms with E-state index in [1.165, 1.54) is 26.0 Å². The van der Waals surface area contributed by atoms with Gasteiger partial charge in [0.2, 0.25) is 0 Å². The smallest absolute Gasteiger partial charge is 0.328 e. The fraction of sp³-hybridized carbons (Fsp3) is 0.333. The van der Waals surface area contributed by atoms with Crippen LogP contribution in [0.5, 0.6) is 5.75 Å². The van der Waals surface area contributed by atoms with E-state index >= 15 is 0 Å². The number of carbonyl (C=O) groups is 2. The van der Waals surface area contributed by atoms with E-state index in [4.69, 9.17) is 5.11 Å². The predicted molar refractivity (Wildman–Crippen MR) is 65.2 cm³/mol. The number of phenols is 1. The van der Waals surface area contributed by atoms with Gasteiger partial charge < -0.3 is 20.8 Å². The molecule has 0 saturated carbocycles. The van der Waals surface area contributed by atoms with Crippen LogP contribution in [0.2, 0.25) is 0 Å². The van der Waals surface area contributed by atoms with Crippen LogP contribution in [0.1, 0.15) is 19.4 Å². The van der Waals surface area contributed by atoms with Gasteiger partial charge in [-0.3, -0.25) is 0 Å². The fourth-order valence-corrected chi connectivity index (χ4v) is 1.23. The summed E-state index contributed by atoms with van der Waals surface area (Å²) in [6, 6.07) is 5.86. The van der Waals surface area contributed by atoms with Crippen molar-refractivity contribution in [1.29, 1.82) is 0 Å². The van der Waals surface area contributed by atoms with E-state index < -0.39 is 17.5 Å². The van der Waals surface area contributed by atoms with Crippen molar-refractivity contribution >= 4 is 12.0 Å². The van der Waals surface area contributed by atoms with Gasteiger partial charge in [0.1, 0.15) is 11.3 Å². The summed E-state index contributed by atoms with van der Waals surface area (Å²) in [4.78, 5) is 22.3. The van der Waals surface area contributed by atoms with E-state index in [9.17, 15) is 14.7 Å². The Balaban J connectivity index is 2.50. The Labute approximate surface area is 105 Å². The van der Waals surface area contributed by atoms with Crippen molar-refractivity contribution in [3.05, 3.63) is 29.8 Å². The summed E-state index contributed by atoms with van der Waals surface area (Å²) in [5, 5.41) is 22.9. The zero-order valence-electron chi connectivity index (χ0n) is 10.2. The number of nitrogens with one attached hydrogen (secondary N) is 2. The van der Waals surface area contributed by atoms with Crippen LogP contribution in [0.25, 0.3) is 0 Å². The van der Waals surface area contributed by atoms with E-state index in [-0.39, 0.29) is 12.3 Å². The molecule has 2 amide bonds. The molecule has 0 atom stereocenters. The molecular formula is C12H16N2O4. The van der Waals surface area contributed by atoms with E-state index in [1.54, 1.807) is 12.1 Å². The Morgan fingerprint density at radius 3 is 2.56 bits per heavy atom. The molecule has 0 aliphatic carbocycles. The second kappa shape index (κ2) is 5.39. The molecule has 1 aromatic rings. The number of benzene rings is 1. The lowest BCUT2D eigenvalue weighted by molar-refractivity contribution is -0.142.